The van der Waals surface area contributed by atoms with Gasteiger partial charge in [0.25, 0.3) is 0 Å². The molecule has 0 aliphatic carbocycles. The summed E-state index contributed by atoms with van der Waals surface area (Å²) in [5.41, 5.74) is -0.288. The summed E-state index contributed by atoms with van der Waals surface area (Å²) in [6, 6.07) is 11.1. The van der Waals surface area contributed by atoms with Crippen molar-refractivity contribution in [2.24, 2.45) is 5.14 Å². The molecule has 0 amide bonds. The third kappa shape index (κ3) is 3.75. The molecular weight excluding hydrogens is 407 g/mol. The van der Waals surface area contributed by atoms with Crippen LogP contribution in [0.3, 0.4) is 0 Å². The molecule has 3 rings (SSSR count). The van der Waals surface area contributed by atoms with Crippen LogP contribution in [-0.4, -0.2) is 26.3 Å². The molecule has 144 valence electrons. The zero-order valence-electron chi connectivity index (χ0n) is 14.5. The summed E-state index contributed by atoms with van der Waals surface area (Å²) < 4.78 is 43.4. The normalized spacial score (nSPS) is 11.3. The third-order valence-corrected chi connectivity index (χ3v) is 5.15. The number of sulfonamides is 1. The maximum Gasteiger partial charge on any atom is 0.238 e. The van der Waals surface area contributed by atoms with Crippen molar-refractivity contribution < 1.29 is 22.3 Å². The molecule has 9 heteroatoms. The molecule has 0 bridgehead atoms. The van der Waals surface area contributed by atoms with Crippen LogP contribution in [0.4, 0.5) is 4.39 Å². The summed E-state index contributed by atoms with van der Waals surface area (Å²) in [4.78, 5) is 16.9. The number of hydrogen-bond acceptors (Lipinski definition) is 5. The summed E-state index contributed by atoms with van der Waals surface area (Å²) in [5.74, 6) is -1.56. The van der Waals surface area contributed by atoms with Crippen LogP contribution in [0.15, 0.2) is 59.6 Å². The monoisotopic (exact) mass is 420 g/mol. The topological polar surface area (TPSA) is 99.3 Å². The molecule has 1 aromatic heterocycles. The number of pyridine rings is 1. The molecule has 2 aromatic carbocycles. The van der Waals surface area contributed by atoms with Gasteiger partial charge in [0.05, 0.1) is 17.0 Å². The predicted molar refractivity (Wildman–Crippen MR) is 102 cm³/mol. The number of ketones is 1. The number of halogens is 2. The van der Waals surface area contributed by atoms with Gasteiger partial charge in [0, 0.05) is 17.3 Å². The molecule has 0 saturated heterocycles. The van der Waals surface area contributed by atoms with Crippen LogP contribution < -0.4 is 9.88 Å². The Kier molecular flexibility index (Phi) is 5.46. The van der Waals surface area contributed by atoms with Gasteiger partial charge in [-0.3, -0.25) is 9.78 Å². The third-order valence-electron chi connectivity index (χ3n) is 3.98. The first-order valence-electron chi connectivity index (χ1n) is 7.89. The fourth-order valence-corrected chi connectivity index (χ4v) is 3.69. The van der Waals surface area contributed by atoms with E-state index in [-0.39, 0.29) is 38.1 Å². The number of primary sulfonamides is 1. The molecule has 0 aliphatic rings. The standard InChI is InChI=1S/C19H14ClFN2O4S/c1-27-15-7-4-6-14(21)17(15)19(24)18-13(9-11(20)10-23-18)12-5-2-3-8-16(12)28(22,25)26/h2-10H,1H3,(H2,22,25,26). The average Bonchev–Trinajstić information content (AvgIpc) is 2.66. The van der Waals surface area contributed by atoms with Gasteiger partial charge in [-0.2, -0.15) is 0 Å². The molecule has 0 fully saturated rings. The molecule has 0 aliphatic heterocycles. The van der Waals surface area contributed by atoms with Gasteiger partial charge in [-0.05, 0) is 24.3 Å². The average molecular weight is 421 g/mol. The Morgan fingerprint density at radius 3 is 2.54 bits per heavy atom. The number of nitrogens with two attached hydrogens (primary N) is 1. The minimum atomic E-state index is -4.10. The van der Waals surface area contributed by atoms with E-state index in [2.05, 4.69) is 4.98 Å². The van der Waals surface area contributed by atoms with E-state index in [0.29, 0.717) is 0 Å². The van der Waals surface area contributed by atoms with Crippen molar-refractivity contribution in [1.82, 2.24) is 4.98 Å². The zero-order valence-corrected chi connectivity index (χ0v) is 16.1. The molecule has 1 heterocycles. The number of nitrogens with zero attached hydrogens (tertiary/aromatic N) is 1. The molecule has 0 unspecified atom stereocenters. The quantitative estimate of drug-likeness (QED) is 0.637. The van der Waals surface area contributed by atoms with Crippen molar-refractivity contribution >= 4 is 27.4 Å². The van der Waals surface area contributed by atoms with E-state index in [4.69, 9.17) is 21.5 Å². The van der Waals surface area contributed by atoms with E-state index in [9.17, 15) is 17.6 Å². The van der Waals surface area contributed by atoms with Crippen LogP contribution in [-0.2, 0) is 10.0 Å². The maximum absolute atomic E-state index is 14.4. The van der Waals surface area contributed by atoms with E-state index in [1.165, 1.54) is 49.7 Å². The lowest BCUT2D eigenvalue weighted by atomic mass is 9.97. The number of methoxy groups -OCH3 is 1. The fourth-order valence-electron chi connectivity index (χ4n) is 2.78. The Morgan fingerprint density at radius 1 is 1.14 bits per heavy atom. The SMILES string of the molecule is COc1cccc(F)c1C(=O)c1ncc(Cl)cc1-c1ccccc1S(N)(=O)=O. The summed E-state index contributed by atoms with van der Waals surface area (Å²) in [6.07, 6.45) is 1.21. The highest BCUT2D eigenvalue weighted by Gasteiger charge is 2.26. The molecule has 3 aromatic rings. The van der Waals surface area contributed by atoms with Gasteiger partial charge in [0.2, 0.25) is 15.8 Å². The Hall–Kier alpha value is -2.81. The number of benzene rings is 2. The lowest BCUT2D eigenvalue weighted by Gasteiger charge is -2.14. The summed E-state index contributed by atoms with van der Waals surface area (Å²) >= 11 is 6.02. The first-order valence-corrected chi connectivity index (χ1v) is 9.81. The molecule has 6 nitrogen and oxygen atoms in total. The zero-order chi connectivity index (χ0) is 20.5. The fraction of sp³-hybridized carbons (Fsp3) is 0.0526. The summed E-state index contributed by atoms with van der Waals surface area (Å²) in [5, 5.41) is 5.46. The van der Waals surface area contributed by atoms with Crippen molar-refractivity contribution in [2.75, 3.05) is 7.11 Å². The minimum Gasteiger partial charge on any atom is -0.496 e. The van der Waals surface area contributed by atoms with Crippen molar-refractivity contribution in [2.45, 2.75) is 4.90 Å². The van der Waals surface area contributed by atoms with Crippen LogP contribution in [0, 0.1) is 5.82 Å². The van der Waals surface area contributed by atoms with Crippen molar-refractivity contribution in [3.05, 3.63) is 76.8 Å². The number of carbonyl (C=O) groups is 1. The Bertz CT molecular complexity index is 1180. The van der Waals surface area contributed by atoms with E-state index in [1.807, 2.05) is 0 Å². The van der Waals surface area contributed by atoms with Crippen LogP contribution in [0.5, 0.6) is 5.75 Å². The van der Waals surface area contributed by atoms with Gasteiger partial charge in [0.1, 0.15) is 22.8 Å². The molecule has 0 spiro atoms. The smallest absolute Gasteiger partial charge is 0.238 e. The number of carbonyl (C=O) groups excluding carboxylic acids is 1. The largest absolute Gasteiger partial charge is 0.496 e. The van der Waals surface area contributed by atoms with Gasteiger partial charge < -0.3 is 4.74 Å². The number of hydrogen-bond donors (Lipinski definition) is 1. The lowest BCUT2D eigenvalue weighted by Crippen LogP contribution is -2.15. The van der Waals surface area contributed by atoms with Gasteiger partial charge in [-0.1, -0.05) is 35.9 Å². The maximum atomic E-state index is 14.4. The van der Waals surface area contributed by atoms with Gasteiger partial charge >= 0.3 is 0 Å². The van der Waals surface area contributed by atoms with Crippen LogP contribution in [0.2, 0.25) is 5.02 Å². The highest BCUT2D eigenvalue weighted by molar-refractivity contribution is 7.89. The first kappa shape index (κ1) is 19.9. The van der Waals surface area contributed by atoms with E-state index in [1.54, 1.807) is 6.07 Å². The second-order valence-electron chi connectivity index (χ2n) is 5.74. The second-order valence-corrected chi connectivity index (χ2v) is 7.70. The first-order chi connectivity index (χ1) is 13.2. The molecular formula is C19H14ClFN2O4S. The van der Waals surface area contributed by atoms with Crippen molar-refractivity contribution in [3.8, 4) is 16.9 Å². The van der Waals surface area contributed by atoms with Crippen molar-refractivity contribution in [3.63, 3.8) is 0 Å². The highest BCUT2D eigenvalue weighted by atomic mass is 35.5. The Balaban J connectivity index is 2.30. The van der Waals surface area contributed by atoms with E-state index in [0.717, 1.165) is 6.07 Å². The predicted octanol–water partition coefficient (Wildman–Crippen LogP) is 3.43. The molecule has 0 radical (unpaired) electrons. The lowest BCUT2D eigenvalue weighted by molar-refractivity contribution is 0.102. The van der Waals surface area contributed by atoms with Crippen LogP contribution in [0.25, 0.3) is 11.1 Å². The van der Waals surface area contributed by atoms with Gasteiger partial charge in [-0.25, -0.2) is 17.9 Å². The van der Waals surface area contributed by atoms with Crippen LogP contribution >= 0.6 is 11.6 Å². The van der Waals surface area contributed by atoms with Gasteiger partial charge in [-0.15, -0.1) is 0 Å². The molecule has 0 saturated carbocycles. The number of aromatic nitrogens is 1. The van der Waals surface area contributed by atoms with E-state index >= 15 is 0 Å². The van der Waals surface area contributed by atoms with Crippen LogP contribution in [0.1, 0.15) is 16.1 Å². The Labute approximate surface area is 165 Å². The molecule has 28 heavy (non-hydrogen) atoms. The number of ether oxygens (including phenoxy) is 1. The van der Waals surface area contributed by atoms with E-state index < -0.39 is 21.6 Å². The van der Waals surface area contributed by atoms with Gasteiger partial charge in [0.15, 0.2) is 0 Å². The summed E-state index contributed by atoms with van der Waals surface area (Å²) in [6.45, 7) is 0. The summed E-state index contributed by atoms with van der Waals surface area (Å²) in [7, 11) is -2.80. The molecule has 0 atom stereocenters. The second kappa shape index (κ2) is 7.67. The van der Waals surface area contributed by atoms with Crippen molar-refractivity contribution in [1.29, 1.82) is 0 Å². The Morgan fingerprint density at radius 2 is 1.86 bits per heavy atom. The highest BCUT2D eigenvalue weighted by Crippen LogP contribution is 2.33. The minimum absolute atomic E-state index is 0.0208. The number of rotatable bonds is 5. The molecule has 2 N–H and O–H groups in total.